The molecule has 1 amide bonds. The SMILES string of the molecule is CC.CC(=O)NC(CO)c1cccc(C2CCC(F)(F)CC2)n1. The molecule has 1 aromatic rings. The van der Waals surface area contributed by atoms with Crippen molar-refractivity contribution in [1.29, 1.82) is 0 Å². The van der Waals surface area contributed by atoms with E-state index in [2.05, 4.69) is 10.3 Å². The fourth-order valence-electron chi connectivity index (χ4n) is 2.68. The molecule has 4 nitrogen and oxygen atoms in total. The molecule has 2 N–H and O–H groups in total. The minimum absolute atomic E-state index is 0.0150. The standard InChI is InChI=1S/C15H20F2N2O2.C2H6/c1-10(21)18-14(9-20)13-4-2-3-12(19-13)11-5-7-15(16,17)8-6-11;1-2/h2-4,11,14,20H,5-9H2,1H3,(H,18,21);1-2H3. The summed E-state index contributed by atoms with van der Waals surface area (Å²) >= 11 is 0. The third-order valence-corrected chi connectivity index (χ3v) is 3.84. The quantitative estimate of drug-likeness (QED) is 0.888. The highest BCUT2D eigenvalue weighted by Crippen LogP contribution is 2.40. The second-order valence-electron chi connectivity index (χ2n) is 5.55. The molecule has 2 rings (SSSR count). The van der Waals surface area contributed by atoms with E-state index < -0.39 is 12.0 Å². The van der Waals surface area contributed by atoms with E-state index in [1.165, 1.54) is 6.92 Å². The molecule has 0 aliphatic heterocycles. The maximum Gasteiger partial charge on any atom is 0.248 e. The third kappa shape index (κ3) is 5.86. The minimum atomic E-state index is -2.56. The summed E-state index contributed by atoms with van der Waals surface area (Å²) in [5.74, 6) is -2.79. The highest BCUT2D eigenvalue weighted by Gasteiger charge is 2.35. The Hall–Kier alpha value is -1.56. The number of pyridine rings is 1. The van der Waals surface area contributed by atoms with E-state index in [0.29, 0.717) is 18.5 Å². The Kier molecular flexibility index (Phi) is 7.55. The minimum Gasteiger partial charge on any atom is -0.394 e. The van der Waals surface area contributed by atoms with Crippen molar-refractivity contribution in [2.45, 2.75) is 64.3 Å². The Labute approximate surface area is 136 Å². The summed E-state index contributed by atoms with van der Waals surface area (Å²) in [6.07, 6.45) is 0.595. The second-order valence-corrected chi connectivity index (χ2v) is 5.55. The fourth-order valence-corrected chi connectivity index (χ4v) is 2.68. The molecule has 6 heteroatoms. The molecule has 1 aliphatic carbocycles. The van der Waals surface area contributed by atoms with Crippen LogP contribution in [-0.2, 0) is 4.79 Å². The molecular formula is C17H26F2N2O2. The summed E-state index contributed by atoms with van der Waals surface area (Å²) in [4.78, 5) is 15.6. The summed E-state index contributed by atoms with van der Waals surface area (Å²) in [5.41, 5.74) is 1.31. The lowest BCUT2D eigenvalue weighted by Crippen LogP contribution is -2.30. The van der Waals surface area contributed by atoms with Gasteiger partial charge in [-0.05, 0) is 25.0 Å². The van der Waals surface area contributed by atoms with E-state index in [-0.39, 0.29) is 31.3 Å². The normalized spacial score (nSPS) is 18.5. The number of rotatable bonds is 4. The first kappa shape index (κ1) is 19.5. The first-order valence-electron chi connectivity index (χ1n) is 8.14. The van der Waals surface area contributed by atoms with Gasteiger partial charge in [0.25, 0.3) is 0 Å². The number of nitrogens with zero attached hydrogens (tertiary/aromatic N) is 1. The monoisotopic (exact) mass is 328 g/mol. The molecule has 1 saturated carbocycles. The highest BCUT2D eigenvalue weighted by atomic mass is 19.3. The van der Waals surface area contributed by atoms with Gasteiger partial charge < -0.3 is 10.4 Å². The largest absolute Gasteiger partial charge is 0.394 e. The van der Waals surface area contributed by atoms with Crippen LogP contribution in [0.5, 0.6) is 0 Å². The van der Waals surface area contributed by atoms with Crippen LogP contribution in [0.4, 0.5) is 8.78 Å². The molecule has 1 fully saturated rings. The van der Waals surface area contributed by atoms with Crippen molar-refractivity contribution in [2.24, 2.45) is 0 Å². The molecule has 1 heterocycles. The molecule has 23 heavy (non-hydrogen) atoms. The number of amides is 1. The van der Waals surface area contributed by atoms with E-state index >= 15 is 0 Å². The first-order chi connectivity index (χ1) is 10.9. The zero-order valence-corrected chi connectivity index (χ0v) is 14.0. The smallest absolute Gasteiger partial charge is 0.248 e. The van der Waals surface area contributed by atoms with Crippen LogP contribution in [0.3, 0.4) is 0 Å². The van der Waals surface area contributed by atoms with Gasteiger partial charge in [0.1, 0.15) is 0 Å². The number of aliphatic hydroxyl groups is 1. The number of hydrogen-bond donors (Lipinski definition) is 2. The van der Waals surface area contributed by atoms with Gasteiger partial charge in [-0.2, -0.15) is 0 Å². The van der Waals surface area contributed by atoms with Crippen LogP contribution in [0.15, 0.2) is 18.2 Å². The number of nitrogens with one attached hydrogen (secondary N) is 1. The zero-order valence-electron chi connectivity index (χ0n) is 14.0. The number of aliphatic hydroxyl groups excluding tert-OH is 1. The van der Waals surface area contributed by atoms with Gasteiger partial charge in [-0.1, -0.05) is 19.9 Å². The number of halogens is 2. The van der Waals surface area contributed by atoms with Crippen molar-refractivity contribution >= 4 is 5.91 Å². The molecule has 1 unspecified atom stereocenters. The van der Waals surface area contributed by atoms with E-state index in [9.17, 15) is 18.7 Å². The Morgan fingerprint density at radius 2 is 2.00 bits per heavy atom. The molecule has 130 valence electrons. The van der Waals surface area contributed by atoms with Crippen molar-refractivity contribution < 1.29 is 18.7 Å². The average molecular weight is 328 g/mol. The summed E-state index contributed by atoms with van der Waals surface area (Å²) < 4.78 is 26.4. The highest BCUT2D eigenvalue weighted by molar-refractivity contribution is 5.73. The fraction of sp³-hybridized carbons (Fsp3) is 0.647. The Morgan fingerprint density at radius 3 is 2.52 bits per heavy atom. The van der Waals surface area contributed by atoms with Gasteiger partial charge >= 0.3 is 0 Å². The summed E-state index contributed by atoms with van der Waals surface area (Å²) in [5, 5.41) is 12.0. The Morgan fingerprint density at radius 1 is 1.39 bits per heavy atom. The molecule has 0 bridgehead atoms. The predicted octanol–water partition coefficient (Wildman–Crippen LogP) is 3.57. The van der Waals surface area contributed by atoms with Crippen molar-refractivity contribution in [2.75, 3.05) is 6.61 Å². The van der Waals surface area contributed by atoms with E-state index in [0.717, 1.165) is 5.69 Å². The van der Waals surface area contributed by atoms with Crippen LogP contribution in [0.25, 0.3) is 0 Å². The van der Waals surface area contributed by atoms with Crippen LogP contribution >= 0.6 is 0 Å². The predicted molar refractivity (Wildman–Crippen MR) is 85.4 cm³/mol. The van der Waals surface area contributed by atoms with Crippen LogP contribution in [0, 0.1) is 0 Å². The molecular weight excluding hydrogens is 302 g/mol. The average Bonchev–Trinajstić information content (AvgIpc) is 2.54. The molecule has 0 saturated heterocycles. The molecule has 1 atom stereocenters. The summed E-state index contributed by atoms with van der Waals surface area (Å²) in [7, 11) is 0. The molecule has 1 aromatic heterocycles. The Balaban J connectivity index is 0.00000127. The van der Waals surface area contributed by atoms with Crippen molar-refractivity contribution in [3.63, 3.8) is 0 Å². The van der Waals surface area contributed by atoms with Crippen molar-refractivity contribution in [1.82, 2.24) is 10.3 Å². The van der Waals surface area contributed by atoms with Gasteiger partial charge in [-0.25, -0.2) is 8.78 Å². The van der Waals surface area contributed by atoms with Gasteiger partial charge in [-0.15, -0.1) is 0 Å². The van der Waals surface area contributed by atoms with Gasteiger partial charge in [0.2, 0.25) is 11.8 Å². The van der Waals surface area contributed by atoms with Crippen LogP contribution in [0.1, 0.15) is 69.8 Å². The summed E-state index contributed by atoms with van der Waals surface area (Å²) in [6, 6.07) is 4.76. The lowest BCUT2D eigenvalue weighted by molar-refractivity contribution is -0.120. The first-order valence-corrected chi connectivity index (χ1v) is 8.14. The van der Waals surface area contributed by atoms with Crippen molar-refractivity contribution in [3.8, 4) is 0 Å². The maximum absolute atomic E-state index is 13.2. The number of aromatic nitrogens is 1. The molecule has 0 radical (unpaired) electrons. The van der Waals surface area contributed by atoms with Crippen LogP contribution in [-0.4, -0.2) is 28.5 Å². The van der Waals surface area contributed by atoms with Crippen molar-refractivity contribution in [3.05, 3.63) is 29.6 Å². The number of alkyl halides is 2. The summed E-state index contributed by atoms with van der Waals surface area (Å²) in [6.45, 7) is 5.12. The number of hydrogen-bond acceptors (Lipinski definition) is 3. The van der Waals surface area contributed by atoms with Gasteiger partial charge in [-0.3, -0.25) is 9.78 Å². The molecule has 0 aromatic carbocycles. The van der Waals surface area contributed by atoms with Crippen LogP contribution in [0.2, 0.25) is 0 Å². The van der Waals surface area contributed by atoms with Gasteiger partial charge in [0.05, 0.1) is 18.3 Å². The number of carbonyl (C=O) groups excluding carboxylic acids is 1. The van der Waals surface area contributed by atoms with Gasteiger partial charge in [0, 0.05) is 31.4 Å². The zero-order chi connectivity index (χ0) is 17.5. The maximum atomic E-state index is 13.2. The van der Waals surface area contributed by atoms with Crippen LogP contribution < -0.4 is 5.32 Å². The lowest BCUT2D eigenvalue weighted by atomic mass is 9.84. The third-order valence-electron chi connectivity index (χ3n) is 3.84. The molecule has 0 spiro atoms. The van der Waals surface area contributed by atoms with Gasteiger partial charge in [0.15, 0.2) is 0 Å². The van der Waals surface area contributed by atoms with E-state index in [4.69, 9.17) is 0 Å². The van der Waals surface area contributed by atoms with E-state index in [1.54, 1.807) is 12.1 Å². The number of carbonyl (C=O) groups is 1. The Bertz CT molecular complexity index is 499. The topological polar surface area (TPSA) is 62.2 Å². The second kappa shape index (κ2) is 8.91. The molecule has 1 aliphatic rings. The van der Waals surface area contributed by atoms with E-state index in [1.807, 2.05) is 19.9 Å². The lowest BCUT2D eigenvalue weighted by Gasteiger charge is -2.28.